The predicted molar refractivity (Wildman–Crippen MR) is 76.0 cm³/mol. The van der Waals surface area contributed by atoms with Gasteiger partial charge in [-0.15, -0.1) is 0 Å². The Morgan fingerprint density at radius 3 is 2.60 bits per heavy atom. The lowest BCUT2D eigenvalue weighted by Crippen LogP contribution is -2.37. The number of furan rings is 1. The Morgan fingerprint density at radius 1 is 1.40 bits per heavy atom. The molecule has 0 amide bonds. The summed E-state index contributed by atoms with van der Waals surface area (Å²) in [7, 11) is -3.56. The summed E-state index contributed by atoms with van der Waals surface area (Å²) < 4.78 is 32.3. The molecule has 0 aliphatic carbocycles. The third kappa shape index (κ3) is 3.07. The minimum atomic E-state index is -3.56. The van der Waals surface area contributed by atoms with Crippen molar-refractivity contribution >= 4 is 10.0 Å². The molecular weight excluding hydrogens is 278 g/mol. The molecule has 1 unspecified atom stereocenters. The number of hydrogen-bond donors (Lipinski definition) is 1. The number of aliphatic hydroxyl groups is 1. The van der Waals surface area contributed by atoms with Crippen LogP contribution in [0.2, 0.25) is 0 Å². The first-order valence-electron chi connectivity index (χ1n) is 6.87. The highest BCUT2D eigenvalue weighted by molar-refractivity contribution is 7.89. The third-order valence-electron chi connectivity index (χ3n) is 3.72. The molecule has 6 heteroatoms. The minimum Gasteiger partial charge on any atom is -0.465 e. The lowest BCUT2D eigenvalue weighted by atomic mass is 9.87. The lowest BCUT2D eigenvalue weighted by Gasteiger charge is -2.28. The second-order valence-electron chi connectivity index (χ2n) is 6.43. The standard InChI is InChI=1S/C14H23NO4S/c1-10-7-13(11(2)19-10)20(17,18)15-6-5-12(16)8-14(3,4)9-15/h7,12,16H,5-6,8-9H2,1-4H3. The summed E-state index contributed by atoms with van der Waals surface area (Å²) >= 11 is 0. The highest BCUT2D eigenvalue weighted by atomic mass is 32.2. The molecule has 0 radical (unpaired) electrons. The van der Waals surface area contributed by atoms with Gasteiger partial charge in [-0.05, 0) is 38.2 Å². The topological polar surface area (TPSA) is 70.8 Å². The van der Waals surface area contributed by atoms with Crippen LogP contribution in [0.3, 0.4) is 0 Å². The number of rotatable bonds is 2. The molecule has 20 heavy (non-hydrogen) atoms. The summed E-state index contributed by atoms with van der Waals surface area (Å²) in [4.78, 5) is 0.238. The molecule has 1 aliphatic rings. The molecule has 0 bridgehead atoms. The molecule has 1 aromatic heterocycles. The number of aryl methyl sites for hydroxylation is 2. The fourth-order valence-electron chi connectivity index (χ4n) is 2.86. The van der Waals surface area contributed by atoms with Crippen molar-refractivity contribution in [2.45, 2.75) is 51.5 Å². The number of nitrogens with zero attached hydrogens (tertiary/aromatic N) is 1. The van der Waals surface area contributed by atoms with Gasteiger partial charge in [0, 0.05) is 13.1 Å². The van der Waals surface area contributed by atoms with E-state index in [1.807, 2.05) is 13.8 Å². The molecule has 2 rings (SSSR count). The van der Waals surface area contributed by atoms with Crippen molar-refractivity contribution in [3.05, 3.63) is 17.6 Å². The van der Waals surface area contributed by atoms with Gasteiger partial charge in [0.1, 0.15) is 16.4 Å². The maximum Gasteiger partial charge on any atom is 0.246 e. The van der Waals surface area contributed by atoms with Crippen LogP contribution in [-0.2, 0) is 10.0 Å². The van der Waals surface area contributed by atoms with E-state index in [0.29, 0.717) is 37.5 Å². The Kier molecular flexibility index (Phi) is 4.01. The number of sulfonamides is 1. The van der Waals surface area contributed by atoms with E-state index < -0.39 is 16.1 Å². The van der Waals surface area contributed by atoms with E-state index in [4.69, 9.17) is 4.42 Å². The van der Waals surface area contributed by atoms with E-state index in [-0.39, 0.29) is 10.3 Å². The molecule has 1 N–H and O–H groups in total. The fourth-order valence-corrected chi connectivity index (χ4v) is 4.72. The van der Waals surface area contributed by atoms with E-state index in [9.17, 15) is 13.5 Å². The average molecular weight is 301 g/mol. The van der Waals surface area contributed by atoms with E-state index >= 15 is 0 Å². The zero-order valence-electron chi connectivity index (χ0n) is 12.5. The van der Waals surface area contributed by atoms with Gasteiger partial charge in [-0.25, -0.2) is 8.42 Å². The fraction of sp³-hybridized carbons (Fsp3) is 0.714. The number of hydrogen-bond acceptors (Lipinski definition) is 4. The Morgan fingerprint density at radius 2 is 2.05 bits per heavy atom. The summed E-state index contributed by atoms with van der Waals surface area (Å²) in [6.07, 6.45) is 0.637. The summed E-state index contributed by atoms with van der Waals surface area (Å²) in [6, 6.07) is 1.57. The van der Waals surface area contributed by atoms with Crippen LogP contribution in [0.15, 0.2) is 15.4 Å². The van der Waals surface area contributed by atoms with Crippen molar-refractivity contribution in [3.8, 4) is 0 Å². The van der Waals surface area contributed by atoms with Crippen LogP contribution in [0.5, 0.6) is 0 Å². The largest absolute Gasteiger partial charge is 0.465 e. The molecule has 1 saturated heterocycles. The Hall–Kier alpha value is -0.850. The third-order valence-corrected chi connectivity index (χ3v) is 5.67. The molecule has 5 nitrogen and oxygen atoms in total. The molecule has 114 valence electrons. The van der Waals surface area contributed by atoms with Crippen molar-refractivity contribution < 1.29 is 17.9 Å². The van der Waals surface area contributed by atoms with E-state index in [0.717, 1.165) is 0 Å². The predicted octanol–water partition coefficient (Wildman–Crippen LogP) is 2.07. The first kappa shape index (κ1) is 15.5. The van der Waals surface area contributed by atoms with Crippen molar-refractivity contribution in [3.63, 3.8) is 0 Å². The second kappa shape index (κ2) is 5.16. The minimum absolute atomic E-state index is 0.238. The molecule has 1 aliphatic heterocycles. The first-order valence-corrected chi connectivity index (χ1v) is 8.31. The van der Waals surface area contributed by atoms with Crippen molar-refractivity contribution in [1.29, 1.82) is 0 Å². The van der Waals surface area contributed by atoms with Crippen LogP contribution >= 0.6 is 0 Å². The average Bonchev–Trinajstić information content (AvgIpc) is 2.55. The van der Waals surface area contributed by atoms with Crippen molar-refractivity contribution in [2.75, 3.05) is 13.1 Å². The van der Waals surface area contributed by atoms with Crippen molar-refractivity contribution in [1.82, 2.24) is 4.31 Å². The summed E-state index contributed by atoms with van der Waals surface area (Å²) in [5.74, 6) is 1.01. The van der Waals surface area contributed by atoms with Gasteiger partial charge in [0.25, 0.3) is 0 Å². The van der Waals surface area contributed by atoms with Gasteiger partial charge in [-0.3, -0.25) is 0 Å². The van der Waals surface area contributed by atoms with Crippen molar-refractivity contribution in [2.24, 2.45) is 5.41 Å². The molecule has 1 atom stereocenters. The quantitative estimate of drug-likeness (QED) is 0.907. The Bertz CT molecular complexity index is 588. The summed E-state index contributed by atoms with van der Waals surface area (Å²) in [5.41, 5.74) is -0.240. The lowest BCUT2D eigenvalue weighted by molar-refractivity contribution is 0.122. The monoisotopic (exact) mass is 301 g/mol. The highest BCUT2D eigenvalue weighted by Gasteiger charge is 2.36. The Labute approximate surface area is 120 Å². The van der Waals surface area contributed by atoms with Gasteiger partial charge in [0.2, 0.25) is 10.0 Å². The van der Waals surface area contributed by atoms with Crippen LogP contribution in [-0.4, -0.2) is 37.0 Å². The molecule has 1 fully saturated rings. The molecular formula is C14H23NO4S. The van der Waals surface area contributed by atoms with Gasteiger partial charge in [0.05, 0.1) is 6.10 Å². The SMILES string of the molecule is Cc1cc(S(=O)(=O)N2CCC(O)CC(C)(C)C2)c(C)o1. The van der Waals surface area contributed by atoms with E-state index in [1.165, 1.54) is 4.31 Å². The van der Waals surface area contributed by atoms with Gasteiger partial charge < -0.3 is 9.52 Å². The molecule has 2 heterocycles. The second-order valence-corrected chi connectivity index (χ2v) is 8.33. The molecule has 0 aromatic carbocycles. The van der Waals surface area contributed by atoms with Gasteiger partial charge >= 0.3 is 0 Å². The van der Waals surface area contributed by atoms with Crippen LogP contribution in [0.25, 0.3) is 0 Å². The van der Waals surface area contributed by atoms with Gasteiger partial charge in [0.15, 0.2) is 0 Å². The molecule has 0 spiro atoms. The first-order chi connectivity index (χ1) is 9.12. The highest BCUT2D eigenvalue weighted by Crippen LogP contribution is 2.32. The van der Waals surface area contributed by atoms with Crippen LogP contribution in [0.4, 0.5) is 0 Å². The maximum atomic E-state index is 12.8. The summed E-state index contributed by atoms with van der Waals surface area (Å²) in [5, 5.41) is 9.90. The zero-order valence-corrected chi connectivity index (χ0v) is 13.3. The van der Waals surface area contributed by atoms with Crippen LogP contribution < -0.4 is 0 Å². The van der Waals surface area contributed by atoms with Gasteiger partial charge in [-0.1, -0.05) is 13.8 Å². The van der Waals surface area contributed by atoms with Gasteiger partial charge in [-0.2, -0.15) is 4.31 Å². The maximum absolute atomic E-state index is 12.8. The normalized spacial score (nSPS) is 24.6. The number of aliphatic hydroxyl groups excluding tert-OH is 1. The zero-order chi connectivity index (χ0) is 15.1. The van der Waals surface area contributed by atoms with E-state index in [1.54, 1.807) is 19.9 Å². The molecule has 0 saturated carbocycles. The van der Waals surface area contributed by atoms with Crippen LogP contribution in [0, 0.1) is 19.3 Å². The Balaban J connectivity index is 2.36. The van der Waals surface area contributed by atoms with Crippen LogP contribution in [0.1, 0.15) is 38.2 Å². The smallest absolute Gasteiger partial charge is 0.246 e. The van der Waals surface area contributed by atoms with E-state index in [2.05, 4.69) is 0 Å². The molecule has 1 aromatic rings. The summed E-state index contributed by atoms with van der Waals surface area (Å²) in [6.45, 7) is 8.13.